The van der Waals surface area contributed by atoms with Crippen molar-refractivity contribution < 1.29 is 9.53 Å². The van der Waals surface area contributed by atoms with E-state index in [0.29, 0.717) is 12.0 Å². The molecule has 1 aliphatic rings. The monoisotopic (exact) mass is 228 g/mol. The molecule has 0 aromatic rings. The molecule has 1 atom stereocenters. The molecular weight excluding hydrogens is 204 g/mol. The Labute approximate surface area is 98.3 Å². The number of hydrogen-bond acceptors (Lipinski definition) is 3. The van der Waals surface area contributed by atoms with Crippen LogP contribution in [0.1, 0.15) is 27.2 Å². The fourth-order valence-electron chi connectivity index (χ4n) is 1.98. The molecule has 4 heteroatoms. The standard InChI is InChI=1S/C12H24N2O2/c1-10(2)12(13-11(3)15)4-5-14-6-8-16-9-7-14/h10,12H,4-9H2,1-3H3,(H,13,15). The quantitative estimate of drug-likeness (QED) is 0.759. The number of rotatable bonds is 5. The van der Waals surface area contributed by atoms with E-state index in [1.165, 1.54) is 0 Å². The van der Waals surface area contributed by atoms with Crippen LogP contribution in [0.2, 0.25) is 0 Å². The van der Waals surface area contributed by atoms with E-state index in [2.05, 4.69) is 24.1 Å². The van der Waals surface area contributed by atoms with Gasteiger partial charge in [0.1, 0.15) is 0 Å². The number of nitrogens with zero attached hydrogens (tertiary/aromatic N) is 1. The molecular formula is C12H24N2O2. The first-order valence-corrected chi connectivity index (χ1v) is 6.17. The van der Waals surface area contributed by atoms with Gasteiger partial charge in [0.15, 0.2) is 0 Å². The Morgan fingerprint density at radius 3 is 2.50 bits per heavy atom. The van der Waals surface area contributed by atoms with Crippen LogP contribution < -0.4 is 5.32 Å². The highest BCUT2D eigenvalue weighted by molar-refractivity contribution is 5.73. The maximum Gasteiger partial charge on any atom is 0.217 e. The van der Waals surface area contributed by atoms with E-state index in [1.807, 2.05) is 0 Å². The fraction of sp³-hybridized carbons (Fsp3) is 0.917. The summed E-state index contributed by atoms with van der Waals surface area (Å²) in [5.41, 5.74) is 0. The summed E-state index contributed by atoms with van der Waals surface area (Å²) < 4.78 is 5.31. The second kappa shape index (κ2) is 6.86. The van der Waals surface area contributed by atoms with Gasteiger partial charge in [-0.3, -0.25) is 9.69 Å². The lowest BCUT2D eigenvalue weighted by atomic mass is 10.0. The van der Waals surface area contributed by atoms with E-state index in [9.17, 15) is 4.79 Å². The van der Waals surface area contributed by atoms with Crippen LogP contribution in [0.3, 0.4) is 0 Å². The van der Waals surface area contributed by atoms with Crippen molar-refractivity contribution in [3.05, 3.63) is 0 Å². The van der Waals surface area contributed by atoms with Crippen molar-refractivity contribution in [2.24, 2.45) is 5.92 Å². The van der Waals surface area contributed by atoms with Crippen LogP contribution >= 0.6 is 0 Å². The lowest BCUT2D eigenvalue weighted by Crippen LogP contribution is -2.42. The maximum absolute atomic E-state index is 11.1. The molecule has 1 saturated heterocycles. The Bertz CT molecular complexity index is 213. The average Bonchev–Trinajstić information content (AvgIpc) is 2.25. The predicted molar refractivity (Wildman–Crippen MR) is 64.3 cm³/mol. The SMILES string of the molecule is CC(=O)NC(CCN1CCOCC1)C(C)C. The molecule has 0 bridgehead atoms. The van der Waals surface area contributed by atoms with Crippen LogP contribution in [0.15, 0.2) is 0 Å². The van der Waals surface area contributed by atoms with Gasteiger partial charge in [-0.05, 0) is 12.3 Å². The number of nitrogens with one attached hydrogen (secondary N) is 1. The lowest BCUT2D eigenvalue weighted by molar-refractivity contribution is -0.120. The minimum atomic E-state index is 0.0701. The van der Waals surface area contributed by atoms with Crippen LogP contribution in [-0.4, -0.2) is 49.7 Å². The Balaban J connectivity index is 2.28. The number of morpholine rings is 1. The summed E-state index contributed by atoms with van der Waals surface area (Å²) in [7, 11) is 0. The summed E-state index contributed by atoms with van der Waals surface area (Å²) in [6.07, 6.45) is 1.03. The van der Waals surface area contributed by atoms with Gasteiger partial charge in [0.25, 0.3) is 0 Å². The van der Waals surface area contributed by atoms with E-state index >= 15 is 0 Å². The second-order valence-corrected chi connectivity index (χ2v) is 4.79. The highest BCUT2D eigenvalue weighted by atomic mass is 16.5. The first-order chi connectivity index (χ1) is 7.59. The van der Waals surface area contributed by atoms with Gasteiger partial charge in [-0.15, -0.1) is 0 Å². The summed E-state index contributed by atoms with van der Waals surface area (Å²) in [5.74, 6) is 0.561. The predicted octanol–water partition coefficient (Wildman–Crippen LogP) is 0.869. The Morgan fingerprint density at radius 2 is 2.00 bits per heavy atom. The van der Waals surface area contributed by atoms with Crippen LogP contribution in [0, 0.1) is 5.92 Å². The van der Waals surface area contributed by atoms with Crippen LogP contribution in [0.25, 0.3) is 0 Å². The van der Waals surface area contributed by atoms with Crippen LogP contribution in [0.5, 0.6) is 0 Å². The molecule has 94 valence electrons. The third-order valence-electron chi connectivity index (χ3n) is 3.05. The van der Waals surface area contributed by atoms with Gasteiger partial charge < -0.3 is 10.1 Å². The lowest BCUT2D eigenvalue weighted by Gasteiger charge is -2.29. The smallest absolute Gasteiger partial charge is 0.217 e. The molecule has 0 aliphatic carbocycles. The fourth-order valence-corrected chi connectivity index (χ4v) is 1.98. The topological polar surface area (TPSA) is 41.6 Å². The van der Waals surface area contributed by atoms with Gasteiger partial charge in [-0.2, -0.15) is 0 Å². The molecule has 1 unspecified atom stereocenters. The molecule has 0 spiro atoms. The van der Waals surface area contributed by atoms with Gasteiger partial charge in [0.05, 0.1) is 13.2 Å². The number of carbonyl (C=O) groups excluding carboxylic acids is 1. The first-order valence-electron chi connectivity index (χ1n) is 6.17. The van der Waals surface area contributed by atoms with E-state index in [0.717, 1.165) is 39.3 Å². The largest absolute Gasteiger partial charge is 0.379 e. The molecule has 0 saturated carbocycles. The minimum absolute atomic E-state index is 0.0701. The van der Waals surface area contributed by atoms with Crippen molar-refractivity contribution in [2.45, 2.75) is 33.2 Å². The molecule has 1 aliphatic heterocycles. The Kier molecular flexibility index (Phi) is 5.77. The van der Waals surface area contributed by atoms with E-state index in [-0.39, 0.29) is 5.91 Å². The second-order valence-electron chi connectivity index (χ2n) is 4.79. The van der Waals surface area contributed by atoms with Crippen molar-refractivity contribution >= 4 is 5.91 Å². The maximum atomic E-state index is 11.1. The third-order valence-corrected chi connectivity index (χ3v) is 3.05. The van der Waals surface area contributed by atoms with Gasteiger partial charge in [0, 0.05) is 32.6 Å². The van der Waals surface area contributed by atoms with Gasteiger partial charge in [-0.25, -0.2) is 0 Å². The average molecular weight is 228 g/mol. The number of carbonyl (C=O) groups is 1. The summed E-state index contributed by atoms with van der Waals surface area (Å²) in [6, 6.07) is 0.292. The zero-order valence-electron chi connectivity index (χ0n) is 10.7. The van der Waals surface area contributed by atoms with Gasteiger partial charge in [-0.1, -0.05) is 13.8 Å². The van der Waals surface area contributed by atoms with Crippen molar-refractivity contribution in [3.63, 3.8) is 0 Å². The summed E-state index contributed by atoms with van der Waals surface area (Å²) in [4.78, 5) is 13.5. The van der Waals surface area contributed by atoms with Crippen molar-refractivity contribution in [2.75, 3.05) is 32.8 Å². The molecule has 1 rings (SSSR count). The van der Waals surface area contributed by atoms with Crippen molar-refractivity contribution in [1.29, 1.82) is 0 Å². The highest BCUT2D eigenvalue weighted by Gasteiger charge is 2.17. The highest BCUT2D eigenvalue weighted by Crippen LogP contribution is 2.08. The number of ether oxygens (including phenoxy) is 1. The first kappa shape index (κ1) is 13.5. The molecule has 0 aromatic heterocycles. The van der Waals surface area contributed by atoms with Gasteiger partial charge >= 0.3 is 0 Å². The summed E-state index contributed by atoms with van der Waals surface area (Å²) >= 11 is 0. The van der Waals surface area contributed by atoms with Crippen LogP contribution in [-0.2, 0) is 9.53 Å². The van der Waals surface area contributed by atoms with Crippen molar-refractivity contribution in [1.82, 2.24) is 10.2 Å². The zero-order chi connectivity index (χ0) is 12.0. The molecule has 1 heterocycles. The Hall–Kier alpha value is -0.610. The summed E-state index contributed by atoms with van der Waals surface area (Å²) in [5, 5.41) is 3.02. The van der Waals surface area contributed by atoms with E-state index in [1.54, 1.807) is 6.92 Å². The molecule has 0 radical (unpaired) electrons. The molecule has 1 amide bonds. The number of hydrogen-bond donors (Lipinski definition) is 1. The third kappa shape index (κ3) is 4.94. The molecule has 1 fully saturated rings. The normalized spacial score (nSPS) is 19.8. The van der Waals surface area contributed by atoms with Gasteiger partial charge in [0.2, 0.25) is 5.91 Å². The Morgan fingerprint density at radius 1 is 1.38 bits per heavy atom. The summed E-state index contributed by atoms with van der Waals surface area (Å²) in [6.45, 7) is 10.7. The molecule has 16 heavy (non-hydrogen) atoms. The number of amides is 1. The molecule has 0 aromatic carbocycles. The van der Waals surface area contributed by atoms with Crippen molar-refractivity contribution in [3.8, 4) is 0 Å². The molecule has 4 nitrogen and oxygen atoms in total. The minimum Gasteiger partial charge on any atom is -0.379 e. The molecule has 1 N–H and O–H groups in total. The van der Waals surface area contributed by atoms with E-state index < -0.39 is 0 Å². The van der Waals surface area contributed by atoms with Crippen LogP contribution in [0.4, 0.5) is 0 Å². The van der Waals surface area contributed by atoms with E-state index in [4.69, 9.17) is 4.74 Å². The zero-order valence-corrected chi connectivity index (χ0v) is 10.7.